The average Bonchev–Trinajstić information content (AvgIpc) is 2.92. The number of ether oxygens (including phenoxy) is 2. The summed E-state index contributed by atoms with van der Waals surface area (Å²) in [7, 11) is 1.81. The van der Waals surface area contributed by atoms with Crippen LogP contribution in [0.15, 0.2) is 24.3 Å². The summed E-state index contributed by atoms with van der Waals surface area (Å²) in [5.74, 6) is -0.723. The largest absolute Gasteiger partial charge is 0.489 e. The minimum absolute atomic E-state index is 0.186. The number of carbonyl (C=O) groups is 1. The number of nitrogen functional groups attached to an aromatic ring is 1. The third-order valence-electron chi connectivity index (χ3n) is 3.60. The van der Waals surface area contributed by atoms with E-state index in [4.69, 9.17) is 15.2 Å². The summed E-state index contributed by atoms with van der Waals surface area (Å²) in [5.41, 5.74) is 6.69. The summed E-state index contributed by atoms with van der Waals surface area (Å²) in [4.78, 5) is 14.3. The Kier molecular flexibility index (Phi) is 6.95. The highest BCUT2D eigenvalue weighted by atomic mass is 32.1. The van der Waals surface area contributed by atoms with Crippen LogP contribution in [0.1, 0.15) is 27.7 Å². The van der Waals surface area contributed by atoms with Crippen molar-refractivity contribution in [2.45, 2.75) is 13.5 Å². The molecule has 2 aromatic rings. The Balaban J connectivity index is 2.04. The maximum atomic E-state index is 13.5. The second-order valence-electron chi connectivity index (χ2n) is 5.50. The quantitative estimate of drug-likeness (QED) is 0.712. The van der Waals surface area contributed by atoms with Crippen LogP contribution < -0.4 is 10.5 Å². The lowest BCUT2D eigenvalue weighted by Crippen LogP contribution is -2.25. The fraction of sp³-hybridized carbons (Fsp3) is 0.333. The van der Waals surface area contributed by atoms with Crippen molar-refractivity contribution in [3.05, 3.63) is 46.1 Å². The normalized spacial score (nSPS) is 10.6. The zero-order valence-corrected chi connectivity index (χ0v) is 15.4. The number of carbonyl (C=O) groups excluding carboxylic acids is 1. The van der Waals surface area contributed by atoms with E-state index in [2.05, 4.69) is 0 Å². The molecule has 0 amide bonds. The summed E-state index contributed by atoms with van der Waals surface area (Å²) >= 11 is 1.05. The van der Waals surface area contributed by atoms with E-state index in [0.29, 0.717) is 34.1 Å². The van der Waals surface area contributed by atoms with E-state index < -0.39 is 11.8 Å². The van der Waals surface area contributed by atoms with Gasteiger partial charge in [-0.25, -0.2) is 9.18 Å². The fourth-order valence-electron chi connectivity index (χ4n) is 2.34. The molecule has 0 saturated carbocycles. The van der Waals surface area contributed by atoms with Gasteiger partial charge in [-0.1, -0.05) is 12.1 Å². The first-order valence-corrected chi connectivity index (χ1v) is 8.83. The fourth-order valence-corrected chi connectivity index (χ4v) is 3.26. The van der Waals surface area contributed by atoms with Crippen molar-refractivity contribution < 1.29 is 18.7 Å². The van der Waals surface area contributed by atoms with Gasteiger partial charge in [0.25, 0.3) is 0 Å². The number of anilines is 1. The molecule has 0 aliphatic carbocycles. The monoisotopic (exact) mass is 377 g/mol. The maximum Gasteiger partial charge on any atom is 0.348 e. The van der Waals surface area contributed by atoms with Crippen molar-refractivity contribution in [1.82, 2.24) is 4.90 Å². The molecule has 0 radical (unpaired) electrons. The van der Waals surface area contributed by atoms with Crippen molar-refractivity contribution in [1.29, 1.82) is 5.26 Å². The molecule has 2 rings (SSSR count). The summed E-state index contributed by atoms with van der Waals surface area (Å²) in [5, 5.41) is 9.63. The SMILES string of the molecule is CCOC(=O)c1sc(N)c(C#N)c1CN(C)CCOc1ccccc1F. The van der Waals surface area contributed by atoms with Crippen molar-refractivity contribution >= 4 is 22.3 Å². The van der Waals surface area contributed by atoms with Gasteiger partial charge in [0.2, 0.25) is 0 Å². The van der Waals surface area contributed by atoms with Crippen LogP contribution in [0.25, 0.3) is 0 Å². The zero-order chi connectivity index (χ0) is 19.1. The molecular weight excluding hydrogens is 357 g/mol. The van der Waals surface area contributed by atoms with Gasteiger partial charge < -0.3 is 15.2 Å². The molecule has 2 N–H and O–H groups in total. The van der Waals surface area contributed by atoms with Crippen LogP contribution in [0.3, 0.4) is 0 Å². The van der Waals surface area contributed by atoms with Crippen molar-refractivity contribution in [2.75, 3.05) is 32.5 Å². The van der Waals surface area contributed by atoms with Crippen LogP contribution in [0.4, 0.5) is 9.39 Å². The summed E-state index contributed by atoms with van der Waals surface area (Å²) in [6.45, 7) is 3.01. The zero-order valence-electron chi connectivity index (χ0n) is 14.6. The van der Waals surface area contributed by atoms with E-state index in [-0.39, 0.29) is 19.0 Å². The molecule has 1 aromatic heterocycles. The van der Waals surface area contributed by atoms with Crippen LogP contribution in [-0.2, 0) is 11.3 Å². The predicted molar refractivity (Wildman–Crippen MR) is 97.6 cm³/mol. The smallest absolute Gasteiger partial charge is 0.348 e. The number of nitrogens with two attached hydrogens (primary N) is 1. The number of nitrogens with zero attached hydrogens (tertiary/aromatic N) is 2. The van der Waals surface area contributed by atoms with Gasteiger partial charge in [0.1, 0.15) is 22.6 Å². The molecule has 0 fully saturated rings. The Labute approximate surface area is 155 Å². The highest BCUT2D eigenvalue weighted by molar-refractivity contribution is 7.18. The molecule has 26 heavy (non-hydrogen) atoms. The van der Waals surface area contributed by atoms with Gasteiger partial charge in [-0.2, -0.15) is 5.26 Å². The number of halogens is 1. The highest BCUT2D eigenvalue weighted by Crippen LogP contribution is 2.32. The Morgan fingerprint density at radius 2 is 2.15 bits per heavy atom. The van der Waals surface area contributed by atoms with Gasteiger partial charge in [-0.3, -0.25) is 4.90 Å². The van der Waals surface area contributed by atoms with E-state index in [0.717, 1.165) is 11.3 Å². The molecule has 0 aliphatic heterocycles. The van der Waals surface area contributed by atoms with Crippen molar-refractivity contribution in [3.63, 3.8) is 0 Å². The molecule has 0 bridgehead atoms. The summed E-state index contributed by atoms with van der Waals surface area (Å²) in [6, 6.07) is 8.22. The lowest BCUT2D eigenvalue weighted by molar-refractivity contribution is 0.0530. The summed E-state index contributed by atoms with van der Waals surface area (Å²) in [6.07, 6.45) is 0. The minimum atomic E-state index is -0.489. The first-order valence-electron chi connectivity index (χ1n) is 8.02. The van der Waals surface area contributed by atoms with Crippen LogP contribution in [-0.4, -0.2) is 37.7 Å². The highest BCUT2D eigenvalue weighted by Gasteiger charge is 2.23. The van der Waals surface area contributed by atoms with E-state index in [1.165, 1.54) is 6.07 Å². The number of rotatable bonds is 8. The molecular formula is C18H20FN3O3S. The molecule has 1 heterocycles. The van der Waals surface area contributed by atoms with Crippen LogP contribution in [0.5, 0.6) is 5.75 Å². The second-order valence-corrected chi connectivity index (χ2v) is 6.55. The number of thiophene rings is 1. The van der Waals surface area contributed by atoms with E-state index >= 15 is 0 Å². The van der Waals surface area contributed by atoms with Gasteiger partial charge in [0.15, 0.2) is 11.6 Å². The van der Waals surface area contributed by atoms with Gasteiger partial charge in [-0.05, 0) is 26.1 Å². The lowest BCUT2D eigenvalue weighted by Gasteiger charge is -2.17. The van der Waals surface area contributed by atoms with E-state index in [1.807, 2.05) is 18.0 Å². The molecule has 0 atom stereocenters. The third kappa shape index (κ3) is 4.71. The van der Waals surface area contributed by atoms with Gasteiger partial charge in [0.05, 0.1) is 12.2 Å². The van der Waals surface area contributed by atoms with Gasteiger partial charge in [-0.15, -0.1) is 11.3 Å². The number of benzene rings is 1. The third-order valence-corrected chi connectivity index (χ3v) is 4.64. The Morgan fingerprint density at radius 1 is 1.42 bits per heavy atom. The molecule has 0 unspecified atom stereocenters. The Bertz CT molecular complexity index is 816. The number of para-hydroxylation sites is 1. The average molecular weight is 377 g/mol. The molecule has 0 spiro atoms. The van der Waals surface area contributed by atoms with Crippen LogP contribution >= 0.6 is 11.3 Å². The number of likely N-dealkylation sites (N-methyl/N-ethyl adjacent to an activating group) is 1. The molecule has 0 saturated heterocycles. The lowest BCUT2D eigenvalue weighted by atomic mass is 10.1. The van der Waals surface area contributed by atoms with E-state index in [1.54, 1.807) is 25.1 Å². The Hall–Kier alpha value is -2.63. The summed E-state index contributed by atoms with van der Waals surface area (Å²) < 4.78 is 24.0. The minimum Gasteiger partial charge on any atom is -0.489 e. The van der Waals surface area contributed by atoms with Crippen LogP contribution in [0, 0.1) is 17.1 Å². The first-order chi connectivity index (χ1) is 12.5. The molecule has 6 nitrogen and oxygen atoms in total. The topological polar surface area (TPSA) is 88.6 Å². The van der Waals surface area contributed by atoms with E-state index in [9.17, 15) is 14.4 Å². The van der Waals surface area contributed by atoms with Crippen molar-refractivity contribution in [3.8, 4) is 11.8 Å². The predicted octanol–water partition coefficient (Wildman–Crippen LogP) is 3.03. The molecule has 0 aliphatic rings. The second kappa shape index (κ2) is 9.17. The van der Waals surface area contributed by atoms with Crippen LogP contribution in [0.2, 0.25) is 0 Å². The molecule has 1 aromatic carbocycles. The number of hydrogen-bond acceptors (Lipinski definition) is 7. The number of nitriles is 1. The molecule has 8 heteroatoms. The Morgan fingerprint density at radius 3 is 2.81 bits per heavy atom. The maximum absolute atomic E-state index is 13.5. The number of hydrogen-bond donors (Lipinski definition) is 1. The standard InChI is InChI=1S/C18H20FN3O3S/c1-3-24-18(23)16-13(12(10-20)17(21)26-16)11-22(2)8-9-25-15-7-5-4-6-14(15)19/h4-7H,3,8-9,11,21H2,1-2H3. The first kappa shape index (κ1) is 19.7. The molecule has 138 valence electrons. The van der Waals surface area contributed by atoms with Gasteiger partial charge in [0, 0.05) is 18.7 Å². The van der Waals surface area contributed by atoms with Crippen molar-refractivity contribution in [2.24, 2.45) is 0 Å². The van der Waals surface area contributed by atoms with Gasteiger partial charge >= 0.3 is 5.97 Å². The number of esters is 1.